The molecule has 0 atom stereocenters. The maximum Gasteiger partial charge on any atom is 0.460 e. The van der Waals surface area contributed by atoms with E-state index in [0.717, 1.165) is 0 Å². The van der Waals surface area contributed by atoms with Gasteiger partial charge in [-0.2, -0.15) is 74.6 Å². The normalized spacial score (nSPS) is 16.5. The summed E-state index contributed by atoms with van der Waals surface area (Å²) in [5, 5.41) is 0. The summed E-state index contributed by atoms with van der Waals surface area (Å²) < 4.78 is 220. The fourth-order valence-electron chi connectivity index (χ4n) is 1.61. The Morgan fingerprint density at radius 1 is 0.548 bits per heavy atom. The third kappa shape index (κ3) is 3.87. The second-order valence-corrected chi connectivity index (χ2v) is 5.76. The first-order valence-corrected chi connectivity index (χ1v) is 6.78. The Balaban J connectivity index is 6.83. The van der Waals surface area contributed by atoms with Crippen LogP contribution in [-0.4, -0.2) is 53.5 Å². The molecule has 1 amide bonds. The van der Waals surface area contributed by atoms with Gasteiger partial charge in [0.15, 0.2) is 0 Å². The van der Waals surface area contributed by atoms with Crippen molar-refractivity contribution in [2.75, 3.05) is 0 Å². The summed E-state index contributed by atoms with van der Waals surface area (Å²) in [6, 6.07) is 0. The minimum atomic E-state index is -8.69. The molecule has 0 fully saturated rings. The standard InChI is InChI=1S/C12H6F17NO/c1-3(4(30)31)2-5(13,14)6(15,16)7(17,18)8(19,20)9(21,22)10(23,24)11(25,26)12(27,28)29/h2H,1H3,(H2,30,31). The molecule has 184 valence electrons. The lowest BCUT2D eigenvalue weighted by atomic mass is 9.88. The molecule has 0 aliphatic carbocycles. The number of rotatable bonds is 8. The number of hydrogen-bond donors (Lipinski definition) is 1. The molecule has 0 bridgehead atoms. The highest BCUT2D eigenvalue weighted by molar-refractivity contribution is 5.91. The highest BCUT2D eigenvalue weighted by Gasteiger charge is 2.95. The Bertz CT molecular complexity index is 732. The van der Waals surface area contributed by atoms with Gasteiger partial charge in [-0.15, -0.1) is 0 Å². The average molecular weight is 503 g/mol. The molecule has 0 aliphatic rings. The number of amides is 1. The van der Waals surface area contributed by atoms with Gasteiger partial charge >= 0.3 is 47.6 Å². The van der Waals surface area contributed by atoms with Gasteiger partial charge in [0.25, 0.3) is 0 Å². The molecular formula is C12H6F17NO. The molecule has 0 aromatic heterocycles. The van der Waals surface area contributed by atoms with Crippen LogP contribution in [0.1, 0.15) is 6.92 Å². The van der Waals surface area contributed by atoms with Gasteiger partial charge < -0.3 is 5.73 Å². The number of alkyl halides is 17. The molecule has 2 nitrogen and oxygen atoms in total. The van der Waals surface area contributed by atoms with Crippen molar-refractivity contribution in [3.63, 3.8) is 0 Å². The van der Waals surface area contributed by atoms with Crippen molar-refractivity contribution in [2.24, 2.45) is 5.73 Å². The highest BCUT2D eigenvalue weighted by atomic mass is 19.4. The van der Waals surface area contributed by atoms with Crippen molar-refractivity contribution < 1.29 is 79.4 Å². The molecule has 2 N–H and O–H groups in total. The Morgan fingerprint density at radius 3 is 1.06 bits per heavy atom. The monoisotopic (exact) mass is 503 g/mol. The zero-order valence-electron chi connectivity index (χ0n) is 14.0. The van der Waals surface area contributed by atoms with E-state index in [9.17, 15) is 79.4 Å². The molecule has 0 aromatic carbocycles. The van der Waals surface area contributed by atoms with Crippen molar-refractivity contribution in [3.05, 3.63) is 11.6 Å². The van der Waals surface area contributed by atoms with Gasteiger partial charge in [-0.3, -0.25) is 4.79 Å². The second kappa shape index (κ2) is 7.28. The van der Waals surface area contributed by atoms with E-state index in [-0.39, 0.29) is 6.92 Å². The minimum Gasteiger partial charge on any atom is -0.366 e. The fourth-order valence-corrected chi connectivity index (χ4v) is 1.61. The largest absolute Gasteiger partial charge is 0.460 e. The molecule has 0 heterocycles. The van der Waals surface area contributed by atoms with Crippen LogP contribution >= 0.6 is 0 Å². The van der Waals surface area contributed by atoms with Crippen molar-refractivity contribution in [2.45, 2.75) is 54.6 Å². The van der Waals surface area contributed by atoms with Crippen molar-refractivity contribution >= 4 is 5.91 Å². The zero-order valence-corrected chi connectivity index (χ0v) is 14.0. The van der Waals surface area contributed by atoms with Gasteiger partial charge in [0.05, 0.1) is 0 Å². The molecular weight excluding hydrogens is 497 g/mol. The predicted octanol–water partition coefficient (Wildman–Crippen LogP) is 5.43. The Kier molecular flexibility index (Phi) is 6.81. The first-order valence-electron chi connectivity index (χ1n) is 6.78. The van der Waals surface area contributed by atoms with Crippen LogP contribution in [-0.2, 0) is 4.79 Å². The Labute approximate surface area is 158 Å². The molecule has 0 radical (unpaired) electrons. The summed E-state index contributed by atoms with van der Waals surface area (Å²) in [4.78, 5) is 10.5. The molecule has 0 aliphatic heterocycles. The van der Waals surface area contributed by atoms with Crippen LogP contribution in [0.3, 0.4) is 0 Å². The van der Waals surface area contributed by atoms with E-state index in [0.29, 0.717) is 0 Å². The summed E-state index contributed by atoms with van der Waals surface area (Å²) in [5.74, 6) is -59.2. The number of halogens is 17. The minimum absolute atomic E-state index is 0.0925. The lowest BCUT2D eigenvalue weighted by Gasteiger charge is -2.42. The van der Waals surface area contributed by atoms with Crippen LogP contribution in [0.4, 0.5) is 74.6 Å². The fraction of sp³-hybridized carbons (Fsp3) is 0.750. The molecule has 19 heteroatoms. The SMILES string of the molecule is CC(=CC(F)(F)C(F)(F)C(F)(F)C(F)(F)C(F)(F)C(F)(F)C(F)(F)C(F)(F)F)C(N)=O. The van der Waals surface area contributed by atoms with Gasteiger partial charge in [-0.05, 0) is 13.0 Å². The van der Waals surface area contributed by atoms with Gasteiger partial charge in [-0.25, -0.2) is 0 Å². The van der Waals surface area contributed by atoms with Crippen molar-refractivity contribution in [1.29, 1.82) is 0 Å². The van der Waals surface area contributed by atoms with Gasteiger partial charge in [0.1, 0.15) is 0 Å². The molecule has 0 spiro atoms. The Hall–Kier alpha value is -1.98. The van der Waals surface area contributed by atoms with E-state index >= 15 is 0 Å². The molecule has 31 heavy (non-hydrogen) atoms. The van der Waals surface area contributed by atoms with Crippen LogP contribution < -0.4 is 5.73 Å². The van der Waals surface area contributed by atoms with Crippen molar-refractivity contribution in [3.8, 4) is 0 Å². The molecule has 0 saturated heterocycles. The molecule has 0 rings (SSSR count). The van der Waals surface area contributed by atoms with E-state index < -0.39 is 65.2 Å². The third-order valence-corrected chi connectivity index (χ3v) is 3.53. The molecule has 0 unspecified atom stereocenters. The van der Waals surface area contributed by atoms with Crippen LogP contribution in [0, 0.1) is 0 Å². The predicted molar refractivity (Wildman–Crippen MR) is 63.6 cm³/mol. The first-order chi connectivity index (χ1) is 13.1. The van der Waals surface area contributed by atoms with Gasteiger partial charge in [0, 0.05) is 5.57 Å². The number of primary amides is 1. The maximum absolute atomic E-state index is 13.4. The number of carbonyl (C=O) groups excluding carboxylic acids is 1. The average Bonchev–Trinajstić information content (AvgIpc) is 2.51. The summed E-state index contributed by atoms with van der Waals surface area (Å²) in [5.41, 5.74) is 2.49. The van der Waals surface area contributed by atoms with E-state index in [1.165, 1.54) is 0 Å². The van der Waals surface area contributed by atoms with E-state index in [1.807, 2.05) is 0 Å². The van der Waals surface area contributed by atoms with E-state index in [1.54, 1.807) is 0 Å². The summed E-state index contributed by atoms with van der Waals surface area (Å²) >= 11 is 0. The molecule has 0 aromatic rings. The third-order valence-electron chi connectivity index (χ3n) is 3.53. The smallest absolute Gasteiger partial charge is 0.366 e. The van der Waals surface area contributed by atoms with Crippen LogP contribution in [0.15, 0.2) is 11.6 Å². The quantitative estimate of drug-likeness (QED) is 0.349. The van der Waals surface area contributed by atoms with Crippen LogP contribution in [0.25, 0.3) is 0 Å². The van der Waals surface area contributed by atoms with Crippen LogP contribution in [0.5, 0.6) is 0 Å². The summed E-state index contributed by atoms with van der Waals surface area (Å²) in [6.07, 6.45) is -9.38. The van der Waals surface area contributed by atoms with E-state index in [2.05, 4.69) is 5.73 Å². The van der Waals surface area contributed by atoms with Gasteiger partial charge in [-0.1, -0.05) is 0 Å². The number of allylic oxidation sites excluding steroid dienone is 1. The summed E-state index contributed by atoms with van der Waals surface area (Å²) in [7, 11) is 0. The number of hydrogen-bond acceptors (Lipinski definition) is 1. The summed E-state index contributed by atoms with van der Waals surface area (Å²) in [6.45, 7) is 0.0925. The van der Waals surface area contributed by atoms with Crippen molar-refractivity contribution in [1.82, 2.24) is 0 Å². The maximum atomic E-state index is 13.4. The van der Waals surface area contributed by atoms with Gasteiger partial charge in [0.2, 0.25) is 5.91 Å². The van der Waals surface area contributed by atoms with E-state index in [4.69, 9.17) is 0 Å². The lowest BCUT2D eigenvalue weighted by molar-refractivity contribution is -0.459. The lowest BCUT2D eigenvalue weighted by Crippen LogP contribution is -2.74. The topological polar surface area (TPSA) is 43.1 Å². The molecule has 0 saturated carbocycles. The van der Waals surface area contributed by atoms with Crippen LogP contribution in [0.2, 0.25) is 0 Å². The number of carbonyl (C=O) groups is 1. The first kappa shape index (κ1) is 29.0. The zero-order chi connectivity index (χ0) is 25.9. The highest BCUT2D eigenvalue weighted by Crippen LogP contribution is 2.64. The Morgan fingerprint density at radius 2 is 0.806 bits per heavy atom. The second-order valence-electron chi connectivity index (χ2n) is 5.76. The number of nitrogens with two attached hydrogens (primary N) is 1.